The maximum atomic E-state index is 9.29. The summed E-state index contributed by atoms with van der Waals surface area (Å²) in [5.41, 5.74) is 0. The van der Waals surface area contributed by atoms with Crippen molar-refractivity contribution in [3.05, 3.63) is 0 Å². The van der Waals surface area contributed by atoms with E-state index in [0.29, 0.717) is 12.2 Å². The molecule has 4 nitrogen and oxygen atoms in total. The fourth-order valence-electron chi connectivity index (χ4n) is 2.28. The van der Waals surface area contributed by atoms with Crippen LogP contribution >= 0.6 is 0 Å². The average molecular weight is 230 g/mol. The molecule has 1 aliphatic heterocycles. The summed E-state index contributed by atoms with van der Waals surface area (Å²) in [7, 11) is 0. The van der Waals surface area contributed by atoms with E-state index >= 15 is 0 Å². The number of aliphatic hydroxyl groups is 1. The van der Waals surface area contributed by atoms with E-state index in [2.05, 4.69) is 31.0 Å². The molecule has 3 unspecified atom stereocenters. The fourth-order valence-corrected chi connectivity index (χ4v) is 2.28. The summed E-state index contributed by atoms with van der Waals surface area (Å²) in [6, 6.07) is 0.192. The predicted molar refractivity (Wildman–Crippen MR) is 65.6 cm³/mol. The largest absolute Gasteiger partial charge is 0.395 e. The molecule has 3 atom stereocenters. The minimum atomic E-state index is 0.192. The Labute approximate surface area is 99.0 Å². The van der Waals surface area contributed by atoms with Crippen LogP contribution in [0, 0.1) is 0 Å². The zero-order valence-electron chi connectivity index (χ0n) is 10.8. The van der Waals surface area contributed by atoms with Crippen molar-refractivity contribution in [3.8, 4) is 0 Å². The number of nitrogens with one attached hydrogen (secondary N) is 1. The van der Waals surface area contributed by atoms with Gasteiger partial charge in [0.2, 0.25) is 0 Å². The smallest absolute Gasteiger partial charge is 0.0678 e. The quantitative estimate of drug-likeness (QED) is 0.696. The van der Waals surface area contributed by atoms with Crippen molar-refractivity contribution in [2.75, 3.05) is 32.8 Å². The third kappa shape index (κ3) is 4.78. The first-order chi connectivity index (χ1) is 7.65. The van der Waals surface area contributed by atoms with E-state index in [1.165, 1.54) is 0 Å². The molecule has 2 N–H and O–H groups in total. The van der Waals surface area contributed by atoms with Crippen molar-refractivity contribution < 1.29 is 9.84 Å². The number of nitrogens with zero attached hydrogens (tertiary/aromatic N) is 1. The van der Waals surface area contributed by atoms with Gasteiger partial charge in [-0.3, -0.25) is 4.90 Å². The molecule has 0 aliphatic carbocycles. The molecule has 1 rings (SSSR count). The van der Waals surface area contributed by atoms with Gasteiger partial charge in [-0.1, -0.05) is 6.92 Å². The van der Waals surface area contributed by atoms with Gasteiger partial charge in [-0.25, -0.2) is 0 Å². The van der Waals surface area contributed by atoms with E-state index in [1.807, 2.05) is 0 Å². The average Bonchev–Trinajstić information content (AvgIpc) is 2.22. The van der Waals surface area contributed by atoms with Crippen molar-refractivity contribution in [1.82, 2.24) is 10.2 Å². The summed E-state index contributed by atoms with van der Waals surface area (Å²) in [6.45, 7) is 10.4. The molecule has 0 spiro atoms. The Balaban J connectivity index is 2.32. The van der Waals surface area contributed by atoms with Gasteiger partial charge in [-0.15, -0.1) is 0 Å². The first-order valence-electron chi connectivity index (χ1n) is 6.37. The first-order valence-corrected chi connectivity index (χ1v) is 6.37. The van der Waals surface area contributed by atoms with Gasteiger partial charge in [0.1, 0.15) is 0 Å². The third-order valence-corrected chi connectivity index (χ3v) is 2.88. The van der Waals surface area contributed by atoms with E-state index < -0.39 is 0 Å². The molecule has 0 bridgehead atoms. The van der Waals surface area contributed by atoms with Gasteiger partial charge in [-0.2, -0.15) is 0 Å². The van der Waals surface area contributed by atoms with Gasteiger partial charge in [0.15, 0.2) is 0 Å². The lowest BCUT2D eigenvalue weighted by Gasteiger charge is -2.37. The Hall–Kier alpha value is -0.160. The number of ether oxygens (including phenoxy) is 1. The summed E-state index contributed by atoms with van der Waals surface area (Å²) >= 11 is 0. The number of aliphatic hydroxyl groups excluding tert-OH is 1. The SMILES string of the molecule is CCCNC(CO)CN1CC(C)OC(C)C1. The van der Waals surface area contributed by atoms with Gasteiger partial charge in [0.05, 0.1) is 18.8 Å². The molecule has 96 valence electrons. The lowest BCUT2D eigenvalue weighted by molar-refractivity contribution is -0.0709. The summed E-state index contributed by atoms with van der Waals surface area (Å²) < 4.78 is 5.69. The zero-order chi connectivity index (χ0) is 12.0. The van der Waals surface area contributed by atoms with Crippen LogP contribution in [0.4, 0.5) is 0 Å². The molecule has 1 saturated heterocycles. The van der Waals surface area contributed by atoms with Crippen LogP contribution in [0.2, 0.25) is 0 Å². The topological polar surface area (TPSA) is 44.7 Å². The Morgan fingerprint density at radius 2 is 2.00 bits per heavy atom. The number of hydrogen-bond acceptors (Lipinski definition) is 4. The van der Waals surface area contributed by atoms with E-state index in [-0.39, 0.29) is 12.6 Å². The molecule has 1 fully saturated rings. The Morgan fingerprint density at radius 1 is 1.38 bits per heavy atom. The highest BCUT2D eigenvalue weighted by molar-refractivity contribution is 4.78. The Bertz CT molecular complexity index is 180. The van der Waals surface area contributed by atoms with Crippen LogP contribution < -0.4 is 5.32 Å². The van der Waals surface area contributed by atoms with Gasteiger partial charge < -0.3 is 15.2 Å². The van der Waals surface area contributed by atoms with Gasteiger partial charge in [-0.05, 0) is 26.8 Å². The van der Waals surface area contributed by atoms with Gasteiger partial charge >= 0.3 is 0 Å². The highest BCUT2D eigenvalue weighted by atomic mass is 16.5. The second-order valence-electron chi connectivity index (χ2n) is 4.81. The van der Waals surface area contributed by atoms with Crippen LogP contribution in [0.3, 0.4) is 0 Å². The first kappa shape index (κ1) is 13.9. The molecule has 0 aromatic carbocycles. The lowest BCUT2D eigenvalue weighted by atomic mass is 10.2. The second-order valence-corrected chi connectivity index (χ2v) is 4.81. The van der Waals surface area contributed by atoms with Crippen LogP contribution in [0.1, 0.15) is 27.2 Å². The molecule has 1 heterocycles. The summed E-state index contributed by atoms with van der Waals surface area (Å²) in [6.07, 6.45) is 1.70. The van der Waals surface area contributed by atoms with Crippen molar-refractivity contribution in [3.63, 3.8) is 0 Å². The van der Waals surface area contributed by atoms with Crippen LogP contribution in [-0.4, -0.2) is 61.0 Å². The minimum absolute atomic E-state index is 0.192. The van der Waals surface area contributed by atoms with E-state index in [9.17, 15) is 5.11 Å². The second kappa shape index (κ2) is 7.22. The van der Waals surface area contributed by atoms with E-state index in [4.69, 9.17) is 4.74 Å². The number of morpholine rings is 1. The molecule has 0 saturated carbocycles. The maximum absolute atomic E-state index is 9.29. The van der Waals surface area contributed by atoms with Crippen molar-refractivity contribution >= 4 is 0 Å². The standard InChI is InChI=1S/C12H26N2O2/c1-4-5-13-12(9-15)8-14-6-10(2)16-11(3)7-14/h10-13,15H,4-9H2,1-3H3. The molecule has 0 radical (unpaired) electrons. The summed E-state index contributed by atoms with van der Waals surface area (Å²) in [5.74, 6) is 0. The Morgan fingerprint density at radius 3 is 2.50 bits per heavy atom. The molecule has 0 amide bonds. The molecular formula is C12H26N2O2. The predicted octanol–water partition coefficient (Wildman–Crippen LogP) is 0.456. The highest BCUT2D eigenvalue weighted by Crippen LogP contribution is 2.10. The van der Waals surface area contributed by atoms with Gasteiger partial charge in [0.25, 0.3) is 0 Å². The molecule has 4 heteroatoms. The zero-order valence-corrected chi connectivity index (χ0v) is 10.8. The summed E-state index contributed by atoms with van der Waals surface area (Å²) in [5, 5.41) is 12.7. The number of rotatable bonds is 6. The van der Waals surface area contributed by atoms with Crippen LogP contribution in [0.25, 0.3) is 0 Å². The molecule has 1 aliphatic rings. The Kier molecular flexibility index (Phi) is 6.28. The third-order valence-electron chi connectivity index (χ3n) is 2.88. The van der Waals surface area contributed by atoms with Crippen LogP contribution in [0.5, 0.6) is 0 Å². The summed E-state index contributed by atoms with van der Waals surface area (Å²) in [4.78, 5) is 2.38. The fraction of sp³-hybridized carbons (Fsp3) is 1.00. The monoisotopic (exact) mass is 230 g/mol. The van der Waals surface area contributed by atoms with Crippen LogP contribution in [0.15, 0.2) is 0 Å². The maximum Gasteiger partial charge on any atom is 0.0678 e. The molecular weight excluding hydrogens is 204 g/mol. The molecule has 0 aromatic rings. The molecule has 0 aromatic heterocycles. The van der Waals surface area contributed by atoms with Crippen molar-refractivity contribution in [2.45, 2.75) is 45.4 Å². The molecule has 16 heavy (non-hydrogen) atoms. The minimum Gasteiger partial charge on any atom is -0.395 e. The van der Waals surface area contributed by atoms with Crippen LogP contribution in [-0.2, 0) is 4.74 Å². The van der Waals surface area contributed by atoms with Crippen molar-refractivity contribution in [2.24, 2.45) is 0 Å². The normalized spacial score (nSPS) is 29.2. The lowest BCUT2D eigenvalue weighted by Crippen LogP contribution is -2.51. The van der Waals surface area contributed by atoms with E-state index in [0.717, 1.165) is 32.6 Å². The van der Waals surface area contributed by atoms with Gasteiger partial charge in [0, 0.05) is 25.7 Å². The van der Waals surface area contributed by atoms with E-state index in [1.54, 1.807) is 0 Å². The highest BCUT2D eigenvalue weighted by Gasteiger charge is 2.23. The number of hydrogen-bond donors (Lipinski definition) is 2. The van der Waals surface area contributed by atoms with Crippen molar-refractivity contribution in [1.29, 1.82) is 0 Å².